The Hall–Kier alpha value is -3.15. The molecule has 24 heavy (non-hydrogen) atoms. The Kier molecular flexibility index (Phi) is 5.31. The maximum atomic E-state index is 12.0. The largest absolute Gasteiger partial charge is 0.326 e. The van der Waals surface area contributed by atoms with Crippen LogP contribution in [0, 0.1) is 13.8 Å². The second-order valence-corrected chi connectivity index (χ2v) is 5.55. The summed E-state index contributed by atoms with van der Waals surface area (Å²) < 4.78 is 0. The third kappa shape index (κ3) is 4.95. The van der Waals surface area contributed by atoms with Crippen molar-refractivity contribution < 1.29 is 14.4 Å². The molecule has 0 aliphatic rings. The molecular formula is C18H19N3O3. The molecule has 0 fully saturated rings. The van der Waals surface area contributed by atoms with Gasteiger partial charge in [-0.3, -0.25) is 14.4 Å². The number of amides is 3. The molecule has 0 unspecified atom stereocenters. The summed E-state index contributed by atoms with van der Waals surface area (Å²) in [5.41, 5.74) is 3.51. The summed E-state index contributed by atoms with van der Waals surface area (Å²) >= 11 is 0. The summed E-state index contributed by atoms with van der Waals surface area (Å²) in [5, 5.41) is 7.68. The highest BCUT2D eigenvalue weighted by Crippen LogP contribution is 2.16. The molecule has 0 atom stereocenters. The predicted molar refractivity (Wildman–Crippen MR) is 93.9 cm³/mol. The zero-order valence-corrected chi connectivity index (χ0v) is 13.8. The molecule has 2 aromatic carbocycles. The molecule has 0 aliphatic heterocycles. The zero-order chi connectivity index (χ0) is 17.7. The number of rotatable bonds is 3. The van der Waals surface area contributed by atoms with Crippen LogP contribution in [0.5, 0.6) is 0 Å². The third-order valence-electron chi connectivity index (χ3n) is 3.13. The van der Waals surface area contributed by atoms with E-state index >= 15 is 0 Å². The van der Waals surface area contributed by atoms with Gasteiger partial charge in [0.05, 0.1) is 0 Å². The summed E-state index contributed by atoms with van der Waals surface area (Å²) in [6.07, 6.45) is 0. The van der Waals surface area contributed by atoms with Crippen molar-refractivity contribution in [2.24, 2.45) is 0 Å². The van der Waals surface area contributed by atoms with E-state index in [0.717, 1.165) is 11.1 Å². The average molecular weight is 325 g/mol. The van der Waals surface area contributed by atoms with E-state index in [2.05, 4.69) is 16.0 Å². The highest BCUT2D eigenvalue weighted by atomic mass is 16.2. The number of aryl methyl sites for hydroxylation is 2. The van der Waals surface area contributed by atoms with Gasteiger partial charge in [-0.1, -0.05) is 12.1 Å². The Morgan fingerprint density at radius 3 is 1.75 bits per heavy atom. The first-order valence-corrected chi connectivity index (χ1v) is 7.42. The summed E-state index contributed by atoms with van der Waals surface area (Å²) in [7, 11) is 0. The highest BCUT2D eigenvalue weighted by molar-refractivity contribution is 6.43. The maximum Gasteiger partial charge on any atom is 0.314 e. The van der Waals surface area contributed by atoms with Crippen molar-refractivity contribution in [2.75, 3.05) is 16.0 Å². The van der Waals surface area contributed by atoms with E-state index in [-0.39, 0.29) is 5.91 Å². The van der Waals surface area contributed by atoms with Crippen molar-refractivity contribution in [3.05, 3.63) is 53.6 Å². The van der Waals surface area contributed by atoms with E-state index in [1.165, 1.54) is 6.92 Å². The molecule has 3 amide bonds. The van der Waals surface area contributed by atoms with Crippen molar-refractivity contribution in [1.82, 2.24) is 0 Å². The van der Waals surface area contributed by atoms with Crippen LogP contribution in [0.4, 0.5) is 17.1 Å². The van der Waals surface area contributed by atoms with Crippen molar-refractivity contribution >= 4 is 34.8 Å². The van der Waals surface area contributed by atoms with Gasteiger partial charge in [-0.25, -0.2) is 0 Å². The van der Waals surface area contributed by atoms with Crippen LogP contribution in [0.25, 0.3) is 0 Å². The van der Waals surface area contributed by atoms with Crippen molar-refractivity contribution in [2.45, 2.75) is 20.8 Å². The predicted octanol–water partition coefficient (Wildman–Crippen LogP) is 2.84. The Morgan fingerprint density at radius 2 is 1.21 bits per heavy atom. The summed E-state index contributed by atoms with van der Waals surface area (Å²) in [5.74, 6) is -1.76. The number of carbonyl (C=O) groups excluding carboxylic acids is 3. The summed E-state index contributed by atoms with van der Waals surface area (Å²) in [4.78, 5) is 35.1. The van der Waals surface area contributed by atoms with Gasteiger partial charge in [0, 0.05) is 24.0 Å². The van der Waals surface area contributed by atoms with E-state index in [4.69, 9.17) is 0 Å². The van der Waals surface area contributed by atoms with Crippen molar-refractivity contribution in [1.29, 1.82) is 0 Å². The monoisotopic (exact) mass is 325 g/mol. The van der Waals surface area contributed by atoms with Crippen LogP contribution in [-0.2, 0) is 14.4 Å². The standard InChI is InChI=1S/C18H19N3O3/c1-11-7-12(2)9-16(8-11)21-18(24)17(23)20-15-6-4-5-14(10-15)19-13(3)22/h4-10H,1-3H3,(H,19,22)(H,20,23)(H,21,24). The van der Waals surface area contributed by atoms with Crippen LogP contribution in [0.2, 0.25) is 0 Å². The number of hydrogen-bond donors (Lipinski definition) is 3. The Balaban J connectivity index is 2.03. The zero-order valence-electron chi connectivity index (χ0n) is 13.8. The molecule has 0 bridgehead atoms. The van der Waals surface area contributed by atoms with Crippen LogP contribution >= 0.6 is 0 Å². The van der Waals surface area contributed by atoms with Gasteiger partial charge >= 0.3 is 11.8 Å². The molecule has 3 N–H and O–H groups in total. The lowest BCUT2D eigenvalue weighted by Gasteiger charge is -2.09. The first kappa shape index (κ1) is 17.2. The Morgan fingerprint density at radius 1 is 0.708 bits per heavy atom. The Labute approximate surface area is 140 Å². The molecule has 0 saturated carbocycles. The lowest BCUT2D eigenvalue weighted by molar-refractivity contribution is -0.132. The number of anilines is 3. The molecule has 0 saturated heterocycles. The SMILES string of the molecule is CC(=O)Nc1cccc(NC(=O)C(=O)Nc2cc(C)cc(C)c2)c1. The van der Waals surface area contributed by atoms with Crippen LogP contribution < -0.4 is 16.0 Å². The molecule has 2 aromatic rings. The van der Waals surface area contributed by atoms with Crippen molar-refractivity contribution in [3.63, 3.8) is 0 Å². The molecule has 124 valence electrons. The molecule has 0 aliphatic carbocycles. The van der Waals surface area contributed by atoms with Gasteiger partial charge in [0.1, 0.15) is 0 Å². The van der Waals surface area contributed by atoms with Crippen molar-refractivity contribution in [3.8, 4) is 0 Å². The molecule has 0 radical (unpaired) electrons. The molecule has 2 rings (SSSR count). The normalized spacial score (nSPS) is 9.96. The quantitative estimate of drug-likeness (QED) is 0.758. The van der Waals surface area contributed by atoms with Crippen LogP contribution in [0.3, 0.4) is 0 Å². The topological polar surface area (TPSA) is 87.3 Å². The van der Waals surface area contributed by atoms with E-state index in [9.17, 15) is 14.4 Å². The second-order valence-electron chi connectivity index (χ2n) is 5.55. The molecule has 0 aromatic heterocycles. The number of hydrogen-bond acceptors (Lipinski definition) is 3. The fraction of sp³-hybridized carbons (Fsp3) is 0.167. The van der Waals surface area contributed by atoms with E-state index in [1.807, 2.05) is 19.9 Å². The maximum absolute atomic E-state index is 12.0. The first-order valence-electron chi connectivity index (χ1n) is 7.42. The minimum Gasteiger partial charge on any atom is -0.326 e. The number of nitrogens with one attached hydrogen (secondary N) is 3. The summed E-state index contributed by atoms with van der Waals surface area (Å²) in [6.45, 7) is 5.22. The van der Waals surface area contributed by atoms with Gasteiger partial charge in [0.15, 0.2) is 0 Å². The van der Waals surface area contributed by atoms with Crippen LogP contribution in [-0.4, -0.2) is 17.7 Å². The molecular weight excluding hydrogens is 306 g/mol. The molecule has 6 nitrogen and oxygen atoms in total. The minimum absolute atomic E-state index is 0.217. The fourth-order valence-corrected chi connectivity index (χ4v) is 2.30. The highest BCUT2D eigenvalue weighted by Gasteiger charge is 2.14. The number of benzene rings is 2. The second kappa shape index (κ2) is 7.41. The van der Waals surface area contributed by atoms with E-state index < -0.39 is 11.8 Å². The minimum atomic E-state index is -0.783. The van der Waals surface area contributed by atoms with Gasteiger partial charge in [-0.15, -0.1) is 0 Å². The smallest absolute Gasteiger partial charge is 0.314 e. The van der Waals surface area contributed by atoms with Gasteiger partial charge in [0.2, 0.25) is 5.91 Å². The van der Waals surface area contributed by atoms with Gasteiger partial charge in [0.25, 0.3) is 0 Å². The molecule has 0 spiro atoms. The lowest BCUT2D eigenvalue weighted by atomic mass is 10.1. The van der Waals surface area contributed by atoms with Crippen LogP contribution in [0.1, 0.15) is 18.1 Å². The van der Waals surface area contributed by atoms with Gasteiger partial charge < -0.3 is 16.0 Å². The van der Waals surface area contributed by atoms with Crippen LogP contribution in [0.15, 0.2) is 42.5 Å². The van der Waals surface area contributed by atoms with Gasteiger partial charge in [-0.05, 0) is 55.3 Å². The van der Waals surface area contributed by atoms with Gasteiger partial charge in [-0.2, -0.15) is 0 Å². The molecule has 6 heteroatoms. The fourth-order valence-electron chi connectivity index (χ4n) is 2.30. The Bertz CT molecular complexity index is 780. The van der Waals surface area contributed by atoms with E-state index in [0.29, 0.717) is 17.1 Å². The summed E-state index contributed by atoms with van der Waals surface area (Å²) in [6, 6.07) is 12.1. The first-order chi connectivity index (χ1) is 11.3. The lowest BCUT2D eigenvalue weighted by Crippen LogP contribution is -2.29. The third-order valence-corrected chi connectivity index (χ3v) is 3.13. The van der Waals surface area contributed by atoms with E-state index in [1.54, 1.807) is 36.4 Å². The molecule has 0 heterocycles. The number of carbonyl (C=O) groups is 3. The average Bonchev–Trinajstić information content (AvgIpc) is 2.45.